The molecule has 1 aliphatic heterocycles. The lowest BCUT2D eigenvalue weighted by atomic mass is 9.94. The Labute approximate surface area is 110 Å². The molecule has 0 radical (unpaired) electrons. The zero-order valence-corrected chi connectivity index (χ0v) is 11.5. The lowest BCUT2D eigenvalue weighted by Gasteiger charge is -2.31. The zero-order valence-electron chi connectivity index (χ0n) is 10.7. The predicted molar refractivity (Wildman–Crippen MR) is 68.9 cm³/mol. The monoisotopic (exact) mass is 270 g/mol. The van der Waals surface area contributed by atoms with Crippen LogP contribution in [0, 0.1) is 13.8 Å². The Balaban J connectivity index is 1.94. The van der Waals surface area contributed by atoms with Crippen LogP contribution in [-0.2, 0) is 4.74 Å². The van der Waals surface area contributed by atoms with Gasteiger partial charge >= 0.3 is 0 Å². The highest BCUT2D eigenvalue weighted by Gasteiger charge is 2.30. The van der Waals surface area contributed by atoms with Crippen molar-refractivity contribution in [2.24, 2.45) is 0 Å². The summed E-state index contributed by atoms with van der Waals surface area (Å²) >= 11 is 1.38. The summed E-state index contributed by atoms with van der Waals surface area (Å²) in [6.07, 6.45) is 1.13. The highest BCUT2D eigenvalue weighted by Crippen LogP contribution is 2.20. The van der Waals surface area contributed by atoms with Gasteiger partial charge in [0, 0.05) is 32.6 Å². The molecule has 0 aromatic carbocycles. The second-order valence-corrected chi connectivity index (χ2v) is 5.87. The van der Waals surface area contributed by atoms with Crippen LogP contribution < -0.4 is 5.32 Å². The van der Waals surface area contributed by atoms with E-state index in [0.29, 0.717) is 30.9 Å². The second kappa shape index (κ2) is 5.34. The number of aromatic nitrogens is 1. The van der Waals surface area contributed by atoms with E-state index in [0.717, 1.165) is 10.7 Å². The molecule has 6 heteroatoms. The minimum atomic E-state index is -0.832. The smallest absolute Gasteiger partial charge is 0.263 e. The maximum Gasteiger partial charge on any atom is 0.263 e. The minimum Gasteiger partial charge on any atom is -0.388 e. The van der Waals surface area contributed by atoms with Gasteiger partial charge in [-0.3, -0.25) is 4.79 Å². The number of aliphatic hydroxyl groups is 1. The Morgan fingerprint density at radius 1 is 1.50 bits per heavy atom. The van der Waals surface area contributed by atoms with Crippen LogP contribution in [0.25, 0.3) is 0 Å². The lowest BCUT2D eigenvalue weighted by Crippen LogP contribution is -2.46. The lowest BCUT2D eigenvalue weighted by molar-refractivity contribution is -0.0605. The third-order valence-electron chi connectivity index (χ3n) is 3.11. The fraction of sp³-hybridized carbons (Fsp3) is 0.667. The maximum absolute atomic E-state index is 12.0. The first-order valence-corrected chi connectivity index (χ1v) is 6.84. The molecule has 5 nitrogen and oxygen atoms in total. The Hall–Kier alpha value is -0.980. The number of nitrogens with one attached hydrogen (secondary N) is 1. The van der Waals surface area contributed by atoms with E-state index >= 15 is 0 Å². The van der Waals surface area contributed by atoms with Crippen LogP contribution in [0.5, 0.6) is 0 Å². The quantitative estimate of drug-likeness (QED) is 0.860. The number of carbonyl (C=O) groups excluding carboxylic acids is 1. The summed E-state index contributed by atoms with van der Waals surface area (Å²) in [5.41, 5.74) is -0.0874. The van der Waals surface area contributed by atoms with Gasteiger partial charge in [-0.15, -0.1) is 11.3 Å². The van der Waals surface area contributed by atoms with Gasteiger partial charge in [-0.25, -0.2) is 4.98 Å². The average molecular weight is 270 g/mol. The molecular weight excluding hydrogens is 252 g/mol. The van der Waals surface area contributed by atoms with E-state index < -0.39 is 5.60 Å². The van der Waals surface area contributed by atoms with Gasteiger partial charge in [0.2, 0.25) is 0 Å². The van der Waals surface area contributed by atoms with Crippen LogP contribution >= 0.6 is 11.3 Å². The van der Waals surface area contributed by atoms with E-state index in [1.807, 2.05) is 13.8 Å². The molecule has 0 bridgehead atoms. The normalized spacial score (nSPS) is 18.6. The van der Waals surface area contributed by atoms with E-state index in [4.69, 9.17) is 4.74 Å². The van der Waals surface area contributed by atoms with E-state index in [-0.39, 0.29) is 12.5 Å². The van der Waals surface area contributed by atoms with E-state index in [1.54, 1.807) is 0 Å². The number of rotatable bonds is 3. The average Bonchev–Trinajstić information content (AvgIpc) is 2.67. The minimum absolute atomic E-state index is 0.155. The number of aryl methyl sites for hydroxylation is 2. The number of nitrogens with zero attached hydrogens (tertiary/aromatic N) is 1. The molecule has 2 heterocycles. The van der Waals surface area contributed by atoms with Gasteiger partial charge in [0.05, 0.1) is 16.3 Å². The summed E-state index contributed by atoms with van der Waals surface area (Å²) in [6.45, 7) is 5.06. The Bertz CT molecular complexity index is 439. The molecule has 1 saturated heterocycles. The number of carbonyl (C=O) groups is 1. The van der Waals surface area contributed by atoms with Crippen molar-refractivity contribution in [3.8, 4) is 0 Å². The first-order valence-electron chi connectivity index (χ1n) is 6.02. The molecule has 2 rings (SSSR count). The Morgan fingerprint density at radius 3 is 2.72 bits per heavy atom. The zero-order chi connectivity index (χ0) is 13.2. The summed E-state index contributed by atoms with van der Waals surface area (Å²) in [5.74, 6) is -0.155. The first-order chi connectivity index (χ1) is 8.50. The van der Waals surface area contributed by atoms with Crippen molar-refractivity contribution in [3.63, 3.8) is 0 Å². The number of hydrogen-bond donors (Lipinski definition) is 2. The van der Waals surface area contributed by atoms with Crippen LogP contribution in [0.15, 0.2) is 0 Å². The fourth-order valence-electron chi connectivity index (χ4n) is 2.00. The van der Waals surface area contributed by atoms with Crippen molar-refractivity contribution < 1.29 is 14.6 Å². The first kappa shape index (κ1) is 13.5. The Morgan fingerprint density at radius 2 is 2.17 bits per heavy atom. The van der Waals surface area contributed by atoms with Crippen LogP contribution in [0.2, 0.25) is 0 Å². The number of amides is 1. The molecule has 0 unspecified atom stereocenters. The molecular formula is C12H18N2O3S. The Kier molecular flexibility index (Phi) is 3.99. The summed E-state index contributed by atoms with van der Waals surface area (Å²) in [5, 5.41) is 13.9. The van der Waals surface area contributed by atoms with Gasteiger partial charge in [0.1, 0.15) is 4.88 Å². The number of thiazole rings is 1. The predicted octanol–water partition coefficient (Wildman–Crippen LogP) is 1.03. The summed E-state index contributed by atoms with van der Waals surface area (Å²) in [7, 11) is 0. The molecule has 1 aromatic rings. The van der Waals surface area contributed by atoms with Gasteiger partial charge in [-0.1, -0.05) is 0 Å². The van der Waals surface area contributed by atoms with Crippen LogP contribution in [0.3, 0.4) is 0 Å². The van der Waals surface area contributed by atoms with Crippen molar-refractivity contribution in [2.45, 2.75) is 32.3 Å². The summed E-state index contributed by atoms with van der Waals surface area (Å²) in [6, 6.07) is 0. The van der Waals surface area contributed by atoms with Crippen LogP contribution in [-0.4, -0.2) is 41.4 Å². The van der Waals surface area contributed by atoms with Gasteiger partial charge in [0.15, 0.2) is 0 Å². The molecule has 1 aliphatic rings. The molecule has 1 amide bonds. The molecule has 0 aliphatic carbocycles. The molecule has 18 heavy (non-hydrogen) atoms. The highest BCUT2D eigenvalue weighted by atomic mass is 32.1. The second-order valence-electron chi connectivity index (χ2n) is 4.67. The third-order valence-corrected chi connectivity index (χ3v) is 4.18. The van der Waals surface area contributed by atoms with E-state index in [9.17, 15) is 9.90 Å². The summed E-state index contributed by atoms with van der Waals surface area (Å²) < 4.78 is 5.20. The molecule has 2 N–H and O–H groups in total. The van der Waals surface area contributed by atoms with Gasteiger partial charge in [0.25, 0.3) is 5.91 Å². The van der Waals surface area contributed by atoms with Gasteiger partial charge in [-0.2, -0.15) is 0 Å². The largest absolute Gasteiger partial charge is 0.388 e. The van der Waals surface area contributed by atoms with Crippen LogP contribution in [0.4, 0.5) is 0 Å². The van der Waals surface area contributed by atoms with Gasteiger partial charge < -0.3 is 15.2 Å². The van der Waals surface area contributed by atoms with Gasteiger partial charge in [-0.05, 0) is 13.8 Å². The molecule has 1 aromatic heterocycles. The van der Waals surface area contributed by atoms with Crippen LogP contribution in [0.1, 0.15) is 33.2 Å². The van der Waals surface area contributed by atoms with Crippen molar-refractivity contribution in [1.82, 2.24) is 10.3 Å². The van der Waals surface area contributed by atoms with Crippen molar-refractivity contribution >= 4 is 17.2 Å². The number of ether oxygens (including phenoxy) is 1. The summed E-state index contributed by atoms with van der Waals surface area (Å²) in [4.78, 5) is 16.8. The SMILES string of the molecule is Cc1nc(C)c(C(=O)NCC2(O)CCOCC2)s1. The molecule has 0 spiro atoms. The van der Waals surface area contributed by atoms with Crippen molar-refractivity contribution in [1.29, 1.82) is 0 Å². The topological polar surface area (TPSA) is 71.5 Å². The maximum atomic E-state index is 12.0. The number of hydrogen-bond acceptors (Lipinski definition) is 5. The van der Waals surface area contributed by atoms with E-state index in [1.165, 1.54) is 11.3 Å². The standard InChI is InChI=1S/C12H18N2O3S/c1-8-10(18-9(2)14-8)11(15)13-7-12(16)3-5-17-6-4-12/h16H,3-7H2,1-2H3,(H,13,15). The highest BCUT2D eigenvalue weighted by molar-refractivity contribution is 7.13. The van der Waals surface area contributed by atoms with Crippen molar-refractivity contribution in [2.75, 3.05) is 19.8 Å². The third kappa shape index (κ3) is 3.07. The van der Waals surface area contributed by atoms with E-state index in [2.05, 4.69) is 10.3 Å². The van der Waals surface area contributed by atoms with Crippen molar-refractivity contribution in [3.05, 3.63) is 15.6 Å². The molecule has 1 fully saturated rings. The fourth-order valence-corrected chi connectivity index (χ4v) is 2.83. The molecule has 0 atom stereocenters. The molecule has 100 valence electrons. The molecule has 0 saturated carbocycles.